The van der Waals surface area contributed by atoms with Crippen molar-refractivity contribution in [3.63, 3.8) is 0 Å². The van der Waals surface area contributed by atoms with E-state index in [-0.39, 0.29) is 10.8 Å². The van der Waals surface area contributed by atoms with Crippen LogP contribution in [0.15, 0.2) is 66.9 Å². The Morgan fingerprint density at radius 1 is 0.742 bits per heavy atom. The van der Waals surface area contributed by atoms with Gasteiger partial charge in [-0.05, 0) is 74.9 Å². The van der Waals surface area contributed by atoms with Crippen molar-refractivity contribution in [1.29, 1.82) is 0 Å². The number of fused-ring (bicyclic) bond motifs is 5. The maximum atomic E-state index is 2.43. The molecule has 5 rings (SSSR count). The van der Waals surface area contributed by atoms with E-state index in [1.54, 1.807) is 0 Å². The molecule has 0 saturated carbocycles. The Morgan fingerprint density at radius 3 is 2.23 bits per heavy atom. The zero-order valence-corrected chi connectivity index (χ0v) is 19.8. The topological polar surface area (TPSA) is 3.88 Å². The van der Waals surface area contributed by atoms with Gasteiger partial charge in [0.25, 0.3) is 0 Å². The number of hydrogen-bond donors (Lipinski definition) is 0. The van der Waals surface area contributed by atoms with Gasteiger partial charge in [0.1, 0.15) is 7.05 Å². The van der Waals surface area contributed by atoms with Crippen molar-refractivity contribution >= 4 is 10.8 Å². The summed E-state index contributed by atoms with van der Waals surface area (Å²) in [6, 6.07) is 22.7. The summed E-state index contributed by atoms with van der Waals surface area (Å²) in [6.45, 7) is 14.2. The van der Waals surface area contributed by atoms with Crippen LogP contribution in [0, 0.1) is 13.8 Å². The third-order valence-corrected chi connectivity index (χ3v) is 8.11. The molecular weight excluding hydrogens is 374 g/mol. The lowest BCUT2D eigenvalue weighted by atomic mass is 9.54. The number of aryl methyl sites for hydroxylation is 2. The number of nitrogens with zero attached hydrogens (tertiary/aromatic N) is 1. The predicted octanol–water partition coefficient (Wildman–Crippen LogP) is 7.18. The molecule has 1 aromatic heterocycles. The maximum Gasteiger partial charge on any atom is 0.212 e. The second kappa shape index (κ2) is 6.53. The van der Waals surface area contributed by atoms with Crippen LogP contribution < -0.4 is 4.57 Å². The van der Waals surface area contributed by atoms with Gasteiger partial charge >= 0.3 is 0 Å². The van der Waals surface area contributed by atoms with Crippen LogP contribution in [-0.2, 0) is 17.9 Å². The highest BCUT2D eigenvalue weighted by molar-refractivity contribution is 6.01. The number of rotatable bonds is 1. The number of benzene rings is 3. The average Bonchev–Trinajstić information content (AvgIpc) is 2.73. The number of pyridine rings is 1. The second-order valence-corrected chi connectivity index (χ2v) is 10.3. The summed E-state index contributed by atoms with van der Waals surface area (Å²) in [5.41, 5.74) is 11.1. The first-order valence-corrected chi connectivity index (χ1v) is 11.3. The van der Waals surface area contributed by atoms with E-state index in [9.17, 15) is 0 Å². The normalized spacial score (nSPS) is 16.1. The zero-order chi connectivity index (χ0) is 22.1. The Morgan fingerprint density at radius 2 is 1.45 bits per heavy atom. The molecule has 1 heteroatoms. The highest BCUT2D eigenvalue weighted by atomic mass is 14.9. The van der Waals surface area contributed by atoms with E-state index < -0.39 is 0 Å². The first-order chi connectivity index (χ1) is 14.6. The summed E-state index contributed by atoms with van der Waals surface area (Å²) < 4.78 is 2.24. The van der Waals surface area contributed by atoms with Gasteiger partial charge in [0.15, 0.2) is 6.20 Å². The number of aromatic nitrogens is 1. The van der Waals surface area contributed by atoms with Crippen molar-refractivity contribution in [2.24, 2.45) is 7.05 Å². The first kappa shape index (κ1) is 20.0. The van der Waals surface area contributed by atoms with E-state index in [2.05, 4.69) is 120 Å². The minimum atomic E-state index is 0.000278. The monoisotopic (exact) mass is 406 g/mol. The maximum absolute atomic E-state index is 2.43. The molecule has 156 valence electrons. The molecule has 0 atom stereocenters. The van der Waals surface area contributed by atoms with Crippen LogP contribution >= 0.6 is 0 Å². The summed E-state index contributed by atoms with van der Waals surface area (Å²) in [5.74, 6) is 0. The highest BCUT2D eigenvalue weighted by Crippen LogP contribution is 2.56. The largest absolute Gasteiger partial charge is 0.212 e. The van der Waals surface area contributed by atoms with Gasteiger partial charge in [-0.1, -0.05) is 70.2 Å². The molecular formula is C30H32N+. The molecule has 0 amide bonds. The molecule has 0 bridgehead atoms. The van der Waals surface area contributed by atoms with Crippen LogP contribution in [-0.4, -0.2) is 0 Å². The second-order valence-electron chi connectivity index (χ2n) is 10.3. The molecule has 1 aliphatic rings. The SMILES string of the molecule is Cc1cc[n+](C)c(-c2ccc3c(c2C)C(C)(C)C(C)(C)c2ccc4ccccc4c2-3)c1. The minimum Gasteiger partial charge on any atom is -0.201 e. The lowest BCUT2D eigenvalue weighted by molar-refractivity contribution is -0.660. The highest BCUT2D eigenvalue weighted by Gasteiger charge is 2.47. The molecule has 0 aliphatic heterocycles. The minimum absolute atomic E-state index is 0.000278. The van der Waals surface area contributed by atoms with Crippen LogP contribution in [0.2, 0.25) is 0 Å². The molecule has 0 saturated heterocycles. The Balaban J connectivity index is 1.91. The molecule has 31 heavy (non-hydrogen) atoms. The number of hydrogen-bond acceptors (Lipinski definition) is 0. The van der Waals surface area contributed by atoms with E-state index in [0.717, 1.165) is 0 Å². The van der Waals surface area contributed by atoms with E-state index in [1.165, 1.54) is 55.4 Å². The van der Waals surface area contributed by atoms with Crippen molar-refractivity contribution in [2.45, 2.75) is 52.4 Å². The average molecular weight is 407 g/mol. The van der Waals surface area contributed by atoms with Crippen molar-refractivity contribution in [2.75, 3.05) is 0 Å². The Bertz CT molecular complexity index is 1350. The van der Waals surface area contributed by atoms with E-state index in [0.29, 0.717) is 0 Å². The third-order valence-electron chi connectivity index (χ3n) is 8.11. The van der Waals surface area contributed by atoms with Crippen molar-refractivity contribution in [3.8, 4) is 22.4 Å². The Labute approximate surface area is 186 Å². The first-order valence-electron chi connectivity index (χ1n) is 11.3. The summed E-state index contributed by atoms with van der Waals surface area (Å²) >= 11 is 0. The standard InChI is InChI=1S/C30H32N/c1-19-16-17-31(7)26(18-19)22-13-14-24-27-23-11-9-8-10-21(23)12-15-25(27)29(3,4)30(5,6)28(24)20(22)2/h8-18H,1-7H3/q+1. The summed E-state index contributed by atoms with van der Waals surface area (Å²) in [6.07, 6.45) is 2.17. The fraction of sp³-hybridized carbons (Fsp3) is 0.300. The van der Waals surface area contributed by atoms with Gasteiger partial charge in [-0.25, -0.2) is 4.57 Å². The summed E-state index contributed by atoms with van der Waals surface area (Å²) in [4.78, 5) is 0. The lowest BCUT2D eigenvalue weighted by Gasteiger charge is -2.49. The Hall–Kier alpha value is -2.93. The fourth-order valence-corrected chi connectivity index (χ4v) is 5.68. The third kappa shape index (κ3) is 2.65. The van der Waals surface area contributed by atoms with Crippen molar-refractivity contribution < 1.29 is 4.57 Å². The molecule has 0 radical (unpaired) electrons. The van der Waals surface area contributed by atoms with Gasteiger partial charge in [-0.3, -0.25) is 0 Å². The molecule has 1 nitrogen and oxygen atoms in total. The van der Waals surface area contributed by atoms with Crippen LogP contribution in [0.4, 0.5) is 0 Å². The van der Waals surface area contributed by atoms with Crippen LogP contribution in [0.25, 0.3) is 33.2 Å². The van der Waals surface area contributed by atoms with E-state index in [1.807, 2.05) is 0 Å². The van der Waals surface area contributed by atoms with E-state index in [4.69, 9.17) is 0 Å². The summed E-state index contributed by atoms with van der Waals surface area (Å²) in [7, 11) is 2.14. The van der Waals surface area contributed by atoms with Gasteiger partial charge in [0, 0.05) is 17.7 Å². The van der Waals surface area contributed by atoms with Gasteiger partial charge in [0.2, 0.25) is 5.69 Å². The van der Waals surface area contributed by atoms with Crippen LogP contribution in [0.1, 0.15) is 49.9 Å². The quantitative estimate of drug-likeness (QED) is 0.295. The molecule has 0 fully saturated rings. The lowest BCUT2D eigenvalue weighted by Crippen LogP contribution is -2.44. The van der Waals surface area contributed by atoms with Gasteiger partial charge in [-0.2, -0.15) is 0 Å². The van der Waals surface area contributed by atoms with Crippen LogP contribution in [0.5, 0.6) is 0 Å². The molecule has 0 unspecified atom stereocenters. The zero-order valence-electron chi connectivity index (χ0n) is 19.8. The molecule has 4 aromatic rings. The molecule has 3 aromatic carbocycles. The van der Waals surface area contributed by atoms with Gasteiger partial charge in [-0.15, -0.1) is 0 Å². The summed E-state index contributed by atoms with van der Waals surface area (Å²) in [5, 5.41) is 2.67. The Kier molecular flexibility index (Phi) is 4.21. The van der Waals surface area contributed by atoms with Crippen molar-refractivity contribution in [1.82, 2.24) is 0 Å². The molecule has 1 heterocycles. The van der Waals surface area contributed by atoms with Gasteiger partial charge < -0.3 is 0 Å². The smallest absolute Gasteiger partial charge is 0.201 e. The predicted molar refractivity (Wildman–Crippen MR) is 132 cm³/mol. The molecule has 0 N–H and O–H groups in total. The molecule has 1 aliphatic carbocycles. The fourth-order valence-electron chi connectivity index (χ4n) is 5.68. The molecule has 0 spiro atoms. The van der Waals surface area contributed by atoms with Gasteiger partial charge in [0.05, 0.1) is 0 Å². The van der Waals surface area contributed by atoms with E-state index >= 15 is 0 Å². The van der Waals surface area contributed by atoms with Crippen molar-refractivity contribution in [3.05, 3.63) is 89.1 Å². The van der Waals surface area contributed by atoms with Crippen LogP contribution in [0.3, 0.4) is 0 Å².